The summed E-state index contributed by atoms with van der Waals surface area (Å²) in [6.45, 7) is 4.03. The first-order valence-corrected chi connectivity index (χ1v) is 6.91. The van der Waals surface area contributed by atoms with Crippen molar-refractivity contribution in [2.24, 2.45) is 5.92 Å². The number of halogens is 3. The number of nitrogens with one attached hydrogen (secondary N) is 1. The van der Waals surface area contributed by atoms with Gasteiger partial charge in [-0.2, -0.15) is 4.39 Å². The molecular formula is C14H22Cl2FN3. The second kappa shape index (κ2) is 8.13. The van der Waals surface area contributed by atoms with Crippen molar-refractivity contribution in [2.45, 2.75) is 25.3 Å². The minimum atomic E-state index is -0.284. The predicted molar refractivity (Wildman–Crippen MR) is 83.2 cm³/mol. The highest BCUT2D eigenvalue weighted by Gasteiger charge is 2.35. The fourth-order valence-electron chi connectivity index (χ4n) is 3.08. The molecule has 1 aliphatic heterocycles. The van der Waals surface area contributed by atoms with Crippen LogP contribution in [0.4, 0.5) is 4.39 Å². The molecular weight excluding hydrogens is 300 g/mol. The number of hydrogen-bond donors (Lipinski definition) is 1. The van der Waals surface area contributed by atoms with Gasteiger partial charge in [-0.25, -0.2) is 4.98 Å². The quantitative estimate of drug-likeness (QED) is 0.868. The van der Waals surface area contributed by atoms with Gasteiger partial charge in [0.1, 0.15) is 0 Å². The van der Waals surface area contributed by atoms with E-state index in [0.29, 0.717) is 5.92 Å². The smallest absolute Gasteiger partial charge is 0.217 e. The lowest BCUT2D eigenvalue weighted by atomic mass is 9.76. The minimum absolute atomic E-state index is 0. The number of nitrogens with zero attached hydrogens (tertiary/aromatic N) is 2. The highest BCUT2D eigenvalue weighted by molar-refractivity contribution is 5.85. The second-order valence-corrected chi connectivity index (χ2v) is 5.31. The van der Waals surface area contributed by atoms with Gasteiger partial charge in [0.05, 0.1) is 0 Å². The van der Waals surface area contributed by atoms with Crippen molar-refractivity contribution < 1.29 is 4.39 Å². The largest absolute Gasteiger partial charge is 0.314 e. The third kappa shape index (κ3) is 3.61. The highest BCUT2D eigenvalue weighted by atomic mass is 35.5. The SMILES string of the molecule is Cl.Cl.Fc1ncccc1[C@H](C1CCC1)N1CCNCC1. The first kappa shape index (κ1) is 17.6. The molecule has 6 heteroatoms. The number of hydrogen-bond acceptors (Lipinski definition) is 3. The molecule has 1 atom stereocenters. The summed E-state index contributed by atoms with van der Waals surface area (Å²) in [5, 5.41) is 3.36. The van der Waals surface area contributed by atoms with E-state index in [1.807, 2.05) is 12.1 Å². The van der Waals surface area contributed by atoms with Crippen molar-refractivity contribution in [2.75, 3.05) is 26.2 Å². The molecule has 0 unspecified atom stereocenters. The third-order valence-corrected chi connectivity index (χ3v) is 4.25. The van der Waals surface area contributed by atoms with Crippen LogP contribution >= 0.6 is 24.8 Å². The molecule has 20 heavy (non-hydrogen) atoms. The molecule has 114 valence electrons. The van der Waals surface area contributed by atoms with Crippen molar-refractivity contribution in [3.63, 3.8) is 0 Å². The van der Waals surface area contributed by atoms with Crippen LogP contribution < -0.4 is 5.32 Å². The molecule has 2 heterocycles. The molecule has 3 nitrogen and oxygen atoms in total. The molecule has 0 bridgehead atoms. The van der Waals surface area contributed by atoms with Gasteiger partial charge in [-0.15, -0.1) is 24.8 Å². The van der Waals surface area contributed by atoms with Gasteiger partial charge in [0.15, 0.2) is 0 Å². The molecule has 0 aromatic carbocycles. The first-order chi connectivity index (χ1) is 8.86. The maximum Gasteiger partial charge on any atom is 0.217 e. The summed E-state index contributed by atoms with van der Waals surface area (Å²) in [5.41, 5.74) is 0.795. The van der Waals surface area contributed by atoms with E-state index in [4.69, 9.17) is 0 Å². The molecule has 0 amide bonds. The third-order valence-electron chi connectivity index (χ3n) is 4.25. The van der Waals surface area contributed by atoms with Crippen LogP contribution in [0.3, 0.4) is 0 Å². The zero-order valence-electron chi connectivity index (χ0n) is 11.4. The molecule has 1 saturated carbocycles. The van der Waals surface area contributed by atoms with E-state index < -0.39 is 0 Å². The summed E-state index contributed by atoms with van der Waals surface area (Å²) in [6, 6.07) is 3.99. The maximum atomic E-state index is 14.0. The minimum Gasteiger partial charge on any atom is -0.314 e. The summed E-state index contributed by atoms with van der Waals surface area (Å²) in [6.07, 6.45) is 5.27. The van der Waals surface area contributed by atoms with Gasteiger partial charge in [0, 0.05) is 44.0 Å². The zero-order valence-corrected chi connectivity index (χ0v) is 13.1. The molecule has 2 aliphatic rings. The topological polar surface area (TPSA) is 28.2 Å². The summed E-state index contributed by atoms with van der Waals surface area (Å²) in [7, 11) is 0. The average Bonchev–Trinajstić information content (AvgIpc) is 2.36. The molecule has 2 fully saturated rings. The van der Waals surface area contributed by atoms with Crippen LogP contribution in [-0.4, -0.2) is 36.1 Å². The Bertz CT molecular complexity index is 409. The van der Waals surface area contributed by atoms with Gasteiger partial charge >= 0.3 is 0 Å². The van der Waals surface area contributed by atoms with Crippen LogP contribution in [0.25, 0.3) is 0 Å². The van der Waals surface area contributed by atoms with Crippen LogP contribution in [-0.2, 0) is 0 Å². The Morgan fingerprint density at radius 1 is 1.25 bits per heavy atom. The fraction of sp³-hybridized carbons (Fsp3) is 0.643. The molecule has 1 aromatic rings. The highest BCUT2D eigenvalue weighted by Crippen LogP contribution is 2.41. The van der Waals surface area contributed by atoms with Crippen molar-refractivity contribution >= 4 is 24.8 Å². The van der Waals surface area contributed by atoms with E-state index >= 15 is 0 Å². The van der Waals surface area contributed by atoms with E-state index in [1.165, 1.54) is 25.5 Å². The molecule has 1 aromatic heterocycles. The molecule has 3 rings (SSSR count). The Kier molecular flexibility index (Phi) is 7.17. The molecule has 0 spiro atoms. The number of rotatable bonds is 3. The van der Waals surface area contributed by atoms with E-state index in [2.05, 4.69) is 15.2 Å². The van der Waals surface area contributed by atoms with Gasteiger partial charge in [-0.05, 0) is 24.8 Å². The Morgan fingerprint density at radius 3 is 2.50 bits per heavy atom. The molecule has 0 radical (unpaired) electrons. The van der Waals surface area contributed by atoms with E-state index in [0.717, 1.165) is 31.7 Å². The van der Waals surface area contributed by atoms with Crippen molar-refractivity contribution in [1.82, 2.24) is 15.2 Å². The van der Waals surface area contributed by atoms with Gasteiger partial charge < -0.3 is 5.32 Å². The summed E-state index contributed by atoms with van der Waals surface area (Å²) in [5.74, 6) is 0.328. The standard InChI is InChI=1S/C14H20FN3.2ClH/c15-14-12(5-2-6-17-14)13(11-3-1-4-11)18-9-7-16-8-10-18;;/h2,5-6,11,13,16H,1,3-4,7-10H2;2*1H/t13-;;/m0../s1. The molecule has 1 saturated heterocycles. The lowest BCUT2D eigenvalue weighted by Gasteiger charge is -2.43. The Morgan fingerprint density at radius 2 is 1.95 bits per heavy atom. The van der Waals surface area contributed by atoms with Crippen molar-refractivity contribution in [3.05, 3.63) is 29.8 Å². The van der Waals surface area contributed by atoms with Crippen molar-refractivity contribution in [1.29, 1.82) is 0 Å². The lowest BCUT2D eigenvalue weighted by molar-refractivity contribution is 0.0806. The first-order valence-electron chi connectivity index (χ1n) is 6.91. The summed E-state index contributed by atoms with van der Waals surface area (Å²) >= 11 is 0. The number of aromatic nitrogens is 1. The van der Waals surface area contributed by atoms with Crippen molar-refractivity contribution in [3.8, 4) is 0 Å². The monoisotopic (exact) mass is 321 g/mol. The van der Waals surface area contributed by atoms with E-state index in [-0.39, 0.29) is 36.8 Å². The van der Waals surface area contributed by atoms with Crippen LogP contribution in [0.1, 0.15) is 30.9 Å². The lowest BCUT2D eigenvalue weighted by Crippen LogP contribution is -2.48. The summed E-state index contributed by atoms with van der Waals surface area (Å²) in [4.78, 5) is 6.26. The average molecular weight is 322 g/mol. The van der Waals surface area contributed by atoms with Gasteiger partial charge in [-0.3, -0.25) is 4.90 Å². The van der Waals surface area contributed by atoms with E-state index in [1.54, 1.807) is 0 Å². The predicted octanol–water partition coefficient (Wildman–Crippen LogP) is 2.81. The molecule has 1 aliphatic carbocycles. The van der Waals surface area contributed by atoms with Gasteiger partial charge in [-0.1, -0.05) is 12.5 Å². The van der Waals surface area contributed by atoms with E-state index in [9.17, 15) is 4.39 Å². The maximum absolute atomic E-state index is 14.0. The zero-order chi connectivity index (χ0) is 12.4. The summed E-state index contributed by atoms with van der Waals surface area (Å²) < 4.78 is 14.0. The van der Waals surface area contributed by atoms with Gasteiger partial charge in [0.2, 0.25) is 5.95 Å². The van der Waals surface area contributed by atoms with Crippen LogP contribution in [0.5, 0.6) is 0 Å². The van der Waals surface area contributed by atoms with Gasteiger partial charge in [0.25, 0.3) is 0 Å². The Balaban J connectivity index is 0.000001000. The normalized spacial score (nSPS) is 21.2. The Hall–Kier alpha value is -0.420. The van der Waals surface area contributed by atoms with Crippen LogP contribution in [0, 0.1) is 11.9 Å². The van der Waals surface area contributed by atoms with Crippen LogP contribution in [0.15, 0.2) is 18.3 Å². The second-order valence-electron chi connectivity index (χ2n) is 5.31. The molecule has 1 N–H and O–H groups in total. The Labute approximate surface area is 132 Å². The number of piperazine rings is 1. The van der Waals surface area contributed by atoms with Crippen LogP contribution in [0.2, 0.25) is 0 Å². The fourth-order valence-corrected chi connectivity index (χ4v) is 3.08. The number of pyridine rings is 1.